The average molecular weight is 243 g/mol. The predicted molar refractivity (Wildman–Crippen MR) is 54.5 cm³/mol. The maximum absolute atomic E-state index is 10.5. The quantitative estimate of drug-likeness (QED) is 0.762. The van der Waals surface area contributed by atoms with Gasteiger partial charge in [0.05, 0.1) is 6.61 Å². The minimum Gasteiger partial charge on any atom is -0.466 e. The molecule has 0 heterocycles. The lowest BCUT2D eigenvalue weighted by Gasteiger charge is -2.03. The van der Waals surface area contributed by atoms with Gasteiger partial charge in [0, 0.05) is 17.8 Å². The molecule has 0 radical (unpaired) electrons. The SMILES string of the molecule is CC(=O)OCCc1ccccc1Br. The van der Waals surface area contributed by atoms with E-state index >= 15 is 0 Å². The van der Waals surface area contributed by atoms with E-state index in [1.54, 1.807) is 0 Å². The van der Waals surface area contributed by atoms with Crippen molar-refractivity contribution in [2.45, 2.75) is 13.3 Å². The van der Waals surface area contributed by atoms with Crippen LogP contribution in [0.25, 0.3) is 0 Å². The number of esters is 1. The van der Waals surface area contributed by atoms with E-state index in [-0.39, 0.29) is 5.97 Å². The van der Waals surface area contributed by atoms with Crippen LogP contribution in [0.4, 0.5) is 0 Å². The van der Waals surface area contributed by atoms with Crippen molar-refractivity contribution in [1.29, 1.82) is 0 Å². The van der Waals surface area contributed by atoms with Gasteiger partial charge in [-0.25, -0.2) is 0 Å². The number of carbonyl (C=O) groups excluding carboxylic acids is 1. The second-order valence-electron chi connectivity index (χ2n) is 2.68. The molecule has 0 aliphatic carbocycles. The topological polar surface area (TPSA) is 26.3 Å². The molecule has 1 aromatic carbocycles. The summed E-state index contributed by atoms with van der Waals surface area (Å²) in [5, 5.41) is 0. The van der Waals surface area contributed by atoms with Crippen LogP contribution < -0.4 is 0 Å². The van der Waals surface area contributed by atoms with E-state index in [1.807, 2.05) is 24.3 Å². The molecule has 0 spiro atoms. The summed E-state index contributed by atoms with van der Waals surface area (Å²) in [7, 11) is 0. The van der Waals surface area contributed by atoms with Crippen molar-refractivity contribution in [2.75, 3.05) is 6.61 Å². The summed E-state index contributed by atoms with van der Waals surface area (Å²) >= 11 is 3.42. The molecule has 0 fully saturated rings. The Hall–Kier alpha value is -0.830. The summed E-state index contributed by atoms with van der Waals surface area (Å²) in [5.41, 5.74) is 1.16. The normalized spacial score (nSPS) is 9.69. The van der Waals surface area contributed by atoms with Crippen LogP contribution in [0.2, 0.25) is 0 Å². The third-order valence-electron chi connectivity index (χ3n) is 1.63. The molecule has 0 bridgehead atoms. The standard InChI is InChI=1S/C10H11BrO2/c1-8(12)13-7-6-9-4-2-3-5-10(9)11/h2-5H,6-7H2,1H3. The van der Waals surface area contributed by atoms with E-state index in [0.717, 1.165) is 16.5 Å². The molecule has 13 heavy (non-hydrogen) atoms. The van der Waals surface area contributed by atoms with Crippen LogP contribution in [0.3, 0.4) is 0 Å². The van der Waals surface area contributed by atoms with Crippen molar-refractivity contribution in [2.24, 2.45) is 0 Å². The molecule has 0 aliphatic rings. The highest BCUT2D eigenvalue weighted by molar-refractivity contribution is 9.10. The Morgan fingerprint density at radius 1 is 1.46 bits per heavy atom. The zero-order valence-electron chi connectivity index (χ0n) is 7.42. The van der Waals surface area contributed by atoms with Crippen LogP contribution in [-0.4, -0.2) is 12.6 Å². The number of rotatable bonds is 3. The molecule has 70 valence electrons. The maximum atomic E-state index is 10.5. The Kier molecular flexibility index (Phi) is 3.96. The van der Waals surface area contributed by atoms with Gasteiger partial charge in [-0.2, -0.15) is 0 Å². The zero-order valence-corrected chi connectivity index (χ0v) is 9.00. The first-order valence-electron chi connectivity index (χ1n) is 4.07. The lowest BCUT2D eigenvalue weighted by atomic mass is 10.2. The van der Waals surface area contributed by atoms with E-state index in [2.05, 4.69) is 15.9 Å². The van der Waals surface area contributed by atoms with Crippen LogP contribution in [0, 0.1) is 0 Å². The van der Waals surface area contributed by atoms with Gasteiger partial charge in [-0.15, -0.1) is 0 Å². The summed E-state index contributed by atoms with van der Waals surface area (Å²) in [6.07, 6.45) is 0.751. The summed E-state index contributed by atoms with van der Waals surface area (Å²) in [6.45, 7) is 1.86. The first-order valence-corrected chi connectivity index (χ1v) is 4.86. The Morgan fingerprint density at radius 2 is 2.15 bits per heavy atom. The lowest BCUT2D eigenvalue weighted by Crippen LogP contribution is -2.03. The monoisotopic (exact) mass is 242 g/mol. The molecule has 0 aromatic heterocycles. The molecule has 1 rings (SSSR count). The molecular formula is C10H11BrO2. The molecule has 0 N–H and O–H groups in total. The van der Waals surface area contributed by atoms with E-state index in [0.29, 0.717) is 6.61 Å². The average Bonchev–Trinajstić information content (AvgIpc) is 2.08. The minimum atomic E-state index is -0.230. The highest BCUT2D eigenvalue weighted by Gasteiger charge is 1.99. The van der Waals surface area contributed by atoms with E-state index in [1.165, 1.54) is 6.92 Å². The van der Waals surface area contributed by atoms with Gasteiger partial charge in [0.2, 0.25) is 0 Å². The predicted octanol–water partition coefficient (Wildman–Crippen LogP) is 2.55. The second-order valence-corrected chi connectivity index (χ2v) is 3.54. The smallest absolute Gasteiger partial charge is 0.302 e. The minimum absolute atomic E-state index is 0.230. The van der Waals surface area contributed by atoms with Gasteiger partial charge in [0.25, 0.3) is 0 Å². The van der Waals surface area contributed by atoms with Crippen molar-refractivity contribution in [3.05, 3.63) is 34.3 Å². The van der Waals surface area contributed by atoms with Crippen molar-refractivity contribution in [3.63, 3.8) is 0 Å². The fourth-order valence-corrected chi connectivity index (χ4v) is 1.49. The largest absolute Gasteiger partial charge is 0.466 e. The first kappa shape index (κ1) is 10.3. The molecule has 1 aromatic rings. The van der Waals surface area contributed by atoms with Crippen LogP contribution in [-0.2, 0) is 16.0 Å². The third kappa shape index (κ3) is 3.59. The van der Waals surface area contributed by atoms with Gasteiger partial charge < -0.3 is 4.74 Å². The van der Waals surface area contributed by atoms with E-state index < -0.39 is 0 Å². The highest BCUT2D eigenvalue weighted by atomic mass is 79.9. The second kappa shape index (κ2) is 5.02. The number of carbonyl (C=O) groups is 1. The van der Waals surface area contributed by atoms with Crippen LogP contribution >= 0.6 is 15.9 Å². The third-order valence-corrected chi connectivity index (χ3v) is 2.41. The van der Waals surface area contributed by atoms with E-state index in [4.69, 9.17) is 4.74 Å². The molecule has 0 amide bonds. The van der Waals surface area contributed by atoms with Crippen LogP contribution in [0.15, 0.2) is 28.7 Å². The maximum Gasteiger partial charge on any atom is 0.302 e. The Morgan fingerprint density at radius 3 is 2.77 bits per heavy atom. The molecule has 3 heteroatoms. The zero-order chi connectivity index (χ0) is 9.68. The number of benzene rings is 1. The summed E-state index contributed by atoms with van der Waals surface area (Å²) in [4.78, 5) is 10.5. The van der Waals surface area contributed by atoms with Gasteiger partial charge in [0.15, 0.2) is 0 Å². The lowest BCUT2D eigenvalue weighted by molar-refractivity contribution is -0.140. The van der Waals surface area contributed by atoms with Gasteiger partial charge in [-0.1, -0.05) is 34.1 Å². The molecule has 0 aliphatic heterocycles. The number of hydrogen-bond acceptors (Lipinski definition) is 2. The molecule has 0 atom stereocenters. The number of ether oxygens (including phenoxy) is 1. The first-order chi connectivity index (χ1) is 6.20. The van der Waals surface area contributed by atoms with Crippen LogP contribution in [0.5, 0.6) is 0 Å². The van der Waals surface area contributed by atoms with E-state index in [9.17, 15) is 4.79 Å². The van der Waals surface area contributed by atoms with Gasteiger partial charge in [-0.05, 0) is 11.6 Å². The van der Waals surface area contributed by atoms with Gasteiger partial charge in [-0.3, -0.25) is 4.79 Å². The fourth-order valence-electron chi connectivity index (χ4n) is 1.01. The molecular weight excluding hydrogens is 232 g/mol. The Balaban J connectivity index is 2.45. The summed E-state index contributed by atoms with van der Waals surface area (Å²) in [5.74, 6) is -0.230. The number of halogens is 1. The fraction of sp³-hybridized carbons (Fsp3) is 0.300. The van der Waals surface area contributed by atoms with Gasteiger partial charge >= 0.3 is 5.97 Å². The van der Waals surface area contributed by atoms with Crippen molar-refractivity contribution < 1.29 is 9.53 Å². The van der Waals surface area contributed by atoms with Gasteiger partial charge in [0.1, 0.15) is 0 Å². The Bertz CT molecular complexity index is 297. The highest BCUT2D eigenvalue weighted by Crippen LogP contribution is 2.16. The van der Waals surface area contributed by atoms with Crippen molar-refractivity contribution in [3.8, 4) is 0 Å². The molecule has 0 saturated carbocycles. The molecule has 2 nitrogen and oxygen atoms in total. The van der Waals surface area contributed by atoms with Crippen LogP contribution in [0.1, 0.15) is 12.5 Å². The summed E-state index contributed by atoms with van der Waals surface area (Å²) in [6, 6.07) is 7.91. The number of hydrogen-bond donors (Lipinski definition) is 0. The Labute approximate surface area is 86.0 Å². The van der Waals surface area contributed by atoms with Crippen molar-refractivity contribution >= 4 is 21.9 Å². The molecule has 0 unspecified atom stereocenters. The van der Waals surface area contributed by atoms with Crippen molar-refractivity contribution in [1.82, 2.24) is 0 Å². The molecule has 0 saturated heterocycles. The summed E-state index contributed by atoms with van der Waals surface area (Å²) < 4.78 is 5.90.